The zero-order chi connectivity index (χ0) is 13.9. The lowest BCUT2D eigenvalue weighted by atomic mass is 9.95. The molecule has 0 unspecified atom stereocenters. The van der Waals surface area contributed by atoms with E-state index in [1.807, 2.05) is 0 Å². The van der Waals surface area contributed by atoms with Crippen molar-refractivity contribution >= 4 is 16.9 Å². The van der Waals surface area contributed by atoms with Gasteiger partial charge in [-0.15, -0.1) is 0 Å². The van der Waals surface area contributed by atoms with Crippen molar-refractivity contribution in [3.8, 4) is 0 Å². The van der Waals surface area contributed by atoms with E-state index in [1.54, 1.807) is 0 Å². The summed E-state index contributed by atoms with van der Waals surface area (Å²) in [7, 11) is 0. The van der Waals surface area contributed by atoms with Gasteiger partial charge in [-0.25, -0.2) is 0 Å². The molecule has 0 aliphatic heterocycles. The van der Waals surface area contributed by atoms with Gasteiger partial charge >= 0.3 is 5.97 Å². The molecular weight excluding hydrogens is 250 g/mol. The summed E-state index contributed by atoms with van der Waals surface area (Å²) < 4.78 is 2.40. The first-order chi connectivity index (χ1) is 9.75. The van der Waals surface area contributed by atoms with Crippen molar-refractivity contribution in [2.75, 3.05) is 0 Å². The van der Waals surface area contributed by atoms with Crippen LogP contribution in [0.3, 0.4) is 0 Å². The normalized spacial score (nSPS) is 16.6. The fourth-order valence-corrected chi connectivity index (χ4v) is 3.39. The predicted octanol–water partition coefficient (Wildman–Crippen LogP) is 4.16. The van der Waals surface area contributed by atoms with E-state index in [0.29, 0.717) is 12.5 Å². The second kappa shape index (κ2) is 5.70. The highest BCUT2D eigenvalue weighted by Gasteiger charge is 2.17. The Kier molecular flexibility index (Phi) is 3.77. The molecule has 2 aromatic rings. The predicted molar refractivity (Wildman–Crippen MR) is 80.0 cm³/mol. The van der Waals surface area contributed by atoms with Crippen LogP contribution in [0.2, 0.25) is 0 Å². The molecule has 3 rings (SSSR count). The van der Waals surface area contributed by atoms with Crippen LogP contribution in [-0.4, -0.2) is 15.6 Å². The van der Waals surface area contributed by atoms with Gasteiger partial charge < -0.3 is 9.67 Å². The second-order valence-corrected chi connectivity index (χ2v) is 5.76. The minimum absolute atomic E-state index is 0.202. The van der Waals surface area contributed by atoms with Crippen molar-refractivity contribution in [2.45, 2.75) is 51.0 Å². The van der Waals surface area contributed by atoms with Crippen molar-refractivity contribution in [3.63, 3.8) is 0 Å². The van der Waals surface area contributed by atoms with Crippen LogP contribution in [0.4, 0.5) is 0 Å². The number of carbonyl (C=O) groups is 1. The molecule has 3 heteroatoms. The molecule has 1 aliphatic carbocycles. The fourth-order valence-electron chi connectivity index (χ4n) is 3.39. The molecule has 1 heterocycles. The van der Waals surface area contributed by atoms with Crippen molar-refractivity contribution in [2.24, 2.45) is 0 Å². The highest BCUT2D eigenvalue weighted by molar-refractivity contribution is 5.84. The number of aryl methyl sites for hydroxylation is 1. The van der Waals surface area contributed by atoms with Gasteiger partial charge in [0.25, 0.3) is 0 Å². The molecule has 1 aromatic carbocycles. The molecule has 3 nitrogen and oxygen atoms in total. The van der Waals surface area contributed by atoms with E-state index in [2.05, 4.69) is 35.0 Å². The van der Waals surface area contributed by atoms with Gasteiger partial charge in [-0.1, -0.05) is 31.4 Å². The van der Waals surface area contributed by atoms with Crippen molar-refractivity contribution in [3.05, 3.63) is 36.0 Å². The number of aliphatic carboxylic acids is 1. The van der Waals surface area contributed by atoms with E-state index in [4.69, 9.17) is 5.11 Å². The van der Waals surface area contributed by atoms with Crippen LogP contribution in [0.1, 0.15) is 50.1 Å². The molecule has 1 saturated carbocycles. The molecule has 1 aliphatic rings. The van der Waals surface area contributed by atoms with Gasteiger partial charge in [-0.3, -0.25) is 4.79 Å². The summed E-state index contributed by atoms with van der Waals surface area (Å²) in [6, 6.07) is 9.04. The Morgan fingerprint density at radius 2 is 2.00 bits per heavy atom. The third-order valence-corrected chi connectivity index (χ3v) is 4.43. The minimum atomic E-state index is -0.728. The van der Waals surface area contributed by atoms with Crippen LogP contribution in [-0.2, 0) is 11.2 Å². The summed E-state index contributed by atoms with van der Waals surface area (Å²) >= 11 is 0. The van der Waals surface area contributed by atoms with Gasteiger partial charge in [0.1, 0.15) is 0 Å². The fraction of sp³-hybridized carbons (Fsp3) is 0.471. The van der Waals surface area contributed by atoms with Crippen LogP contribution in [0.5, 0.6) is 0 Å². The van der Waals surface area contributed by atoms with E-state index in [0.717, 1.165) is 5.56 Å². The quantitative estimate of drug-likeness (QED) is 0.907. The molecule has 0 atom stereocenters. The van der Waals surface area contributed by atoms with Crippen molar-refractivity contribution in [1.82, 2.24) is 4.57 Å². The van der Waals surface area contributed by atoms with E-state index in [1.165, 1.54) is 43.0 Å². The number of hydrogen-bond donors (Lipinski definition) is 1. The summed E-state index contributed by atoms with van der Waals surface area (Å²) in [4.78, 5) is 10.8. The van der Waals surface area contributed by atoms with E-state index >= 15 is 0 Å². The molecule has 0 spiro atoms. The van der Waals surface area contributed by atoms with E-state index in [9.17, 15) is 4.79 Å². The number of nitrogens with zero attached hydrogens (tertiary/aromatic N) is 1. The Balaban J connectivity index is 1.92. The standard InChI is InChI=1S/C17H21NO2/c19-17(20)10-9-13-5-4-8-16-15(13)11-12-18(16)14-6-2-1-3-7-14/h4-5,8,11-12,14H,1-3,6-7,9-10H2,(H,19,20). The molecule has 1 fully saturated rings. The van der Waals surface area contributed by atoms with E-state index < -0.39 is 5.97 Å². The minimum Gasteiger partial charge on any atom is -0.481 e. The van der Waals surface area contributed by atoms with Gasteiger partial charge in [0.2, 0.25) is 0 Å². The number of rotatable bonds is 4. The molecule has 106 valence electrons. The first kappa shape index (κ1) is 13.2. The van der Waals surface area contributed by atoms with Crippen molar-refractivity contribution < 1.29 is 9.90 Å². The maximum Gasteiger partial charge on any atom is 0.303 e. The van der Waals surface area contributed by atoms with Crippen LogP contribution in [0.25, 0.3) is 10.9 Å². The molecule has 0 radical (unpaired) electrons. The van der Waals surface area contributed by atoms with Gasteiger partial charge in [0.05, 0.1) is 0 Å². The Morgan fingerprint density at radius 3 is 2.75 bits per heavy atom. The zero-order valence-electron chi connectivity index (χ0n) is 11.7. The first-order valence-electron chi connectivity index (χ1n) is 7.56. The lowest BCUT2D eigenvalue weighted by Crippen LogP contribution is -2.11. The Morgan fingerprint density at radius 1 is 1.20 bits per heavy atom. The zero-order valence-corrected chi connectivity index (χ0v) is 11.7. The molecule has 0 saturated heterocycles. The van der Waals surface area contributed by atoms with Gasteiger partial charge in [0.15, 0.2) is 0 Å². The molecule has 20 heavy (non-hydrogen) atoms. The largest absolute Gasteiger partial charge is 0.481 e. The molecular formula is C17H21NO2. The summed E-state index contributed by atoms with van der Waals surface area (Å²) in [5.74, 6) is -0.728. The first-order valence-corrected chi connectivity index (χ1v) is 7.56. The van der Waals surface area contributed by atoms with Gasteiger partial charge in [-0.05, 0) is 37.0 Å². The molecule has 1 N–H and O–H groups in total. The Labute approximate surface area is 119 Å². The van der Waals surface area contributed by atoms with Crippen molar-refractivity contribution in [1.29, 1.82) is 0 Å². The number of carboxylic acids is 1. The second-order valence-electron chi connectivity index (χ2n) is 5.76. The number of aromatic nitrogens is 1. The Hall–Kier alpha value is -1.77. The SMILES string of the molecule is O=C(O)CCc1cccc2c1ccn2C1CCCCC1. The maximum atomic E-state index is 10.8. The van der Waals surface area contributed by atoms with Crippen LogP contribution in [0.15, 0.2) is 30.5 Å². The van der Waals surface area contributed by atoms with Gasteiger partial charge in [0, 0.05) is 29.6 Å². The third-order valence-electron chi connectivity index (χ3n) is 4.43. The van der Waals surface area contributed by atoms with Crippen LogP contribution in [0, 0.1) is 0 Å². The van der Waals surface area contributed by atoms with Gasteiger partial charge in [-0.2, -0.15) is 0 Å². The molecule has 1 aromatic heterocycles. The lowest BCUT2D eigenvalue weighted by Gasteiger charge is -2.24. The average molecular weight is 271 g/mol. The van der Waals surface area contributed by atoms with E-state index in [-0.39, 0.29) is 6.42 Å². The van der Waals surface area contributed by atoms with Crippen LogP contribution < -0.4 is 0 Å². The smallest absolute Gasteiger partial charge is 0.303 e. The maximum absolute atomic E-state index is 10.8. The number of hydrogen-bond acceptors (Lipinski definition) is 1. The number of carboxylic acid groups (broad SMARTS) is 1. The summed E-state index contributed by atoms with van der Waals surface area (Å²) in [5, 5.41) is 10.1. The monoisotopic (exact) mass is 271 g/mol. The average Bonchev–Trinajstić information content (AvgIpc) is 2.90. The highest BCUT2D eigenvalue weighted by Crippen LogP contribution is 2.32. The summed E-state index contributed by atoms with van der Waals surface area (Å²) in [6.45, 7) is 0. The van der Waals surface area contributed by atoms with Crippen LogP contribution >= 0.6 is 0 Å². The lowest BCUT2D eigenvalue weighted by molar-refractivity contribution is -0.136. The molecule has 0 bridgehead atoms. The highest BCUT2D eigenvalue weighted by atomic mass is 16.4. The number of benzene rings is 1. The summed E-state index contributed by atoms with van der Waals surface area (Å²) in [5.41, 5.74) is 2.42. The summed E-state index contributed by atoms with van der Waals surface area (Å²) in [6.07, 6.45) is 9.54. The Bertz CT molecular complexity index is 608. The number of fused-ring (bicyclic) bond motifs is 1. The topological polar surface area (TPSA) is 42.2 Å². The molecule has 0 amide bonds. The third kappa shape index (κ3) is 2.58.